The van der Waals surface area contributed by atoms with Gasteiger partial charge in [0.1, 0.15) is 6.61 Å². The van der Waals surface area contributed by atoms with Crippen LogP contribution in [0.3, 0.4) is 0 Å². The number of hydrogen-bond acceptors (Lipinski definition) is 6. The number of aliphatic carboxylic acids is 1. The van der Waals surface area contributed by atoms with Gasteiger partial charge in [-0.2, -0.15) is 0 Å². The number of carboxylic acids is 1. The number of quaternary nitrogens is 1. The Morgan fingerprint density at radius 3 is 1.57 bits per heavy atom. The summed E-state index contributed by atoms with van der Waals surface area (Å²) in [5.41, 5.74) is 0. The summed E-state index contributed by atoms with van der Waals surface area (Å²) in [4.78, 5) is 37.0. The van der Waals surface area contributed by atoms with E-state index in [1.54, 1.807) is 0 Å². The molecule has 0 bridgehead atoms. The number of ether oxygens (including phenoxy) is 3. The maximum Gasteiger partial charge on any atom is 0.362 e. The molecule has 2 unspecified atom stereocenters. The molecule has 0 aliphatic heterocycles. The highest BCUT2D eigenvalue weighted by atomic mass is 16.6. The first-order chi connectivity index (χ1) is 27.1. The van der Waals surface area contributed by atoms with E-state index in [1.165, 1.54) is 77.0 Å². The first-order valence-electron chi connectivity index (χ1n) is 22.7. The largest absolute Gasteiger partial charge is 0.477 e. The second kappa shape index (κ2) is 39.1. The zero-order chi connectivity index (χ0) is 41.4. The van der Waals surface area contributed by atoms with Crippen molar-refractivity contribution in [3.63, 3.8) is 0 Å². The molecule has 0 aliphatic carbocycles. The maximum absolute atomic E-state index is 12.7. The molecule has 0 heterocycles. The molecule has 8 nitrogen and oxygen atoms in total. The van der Waals surface area contributed by atoms with E-state index in [-0.39, 0.29) is 36.2 Å². The summed E-state index contributed by atoms with van der Waals surface area (Å²) in [6.07, 6.45) is 45.8. The highest BCUT2D eigenvalue weighted by Gasteiger charge is 2.31. The topological polar surface area (TPSA) is 99.1 Å². The number of carboxylic acid groups (broad SMARTS) is 1. The molecule has 324 valence electrons. The smallest absolute Gasteiger partial charge is 0.362 e. The van der Waals surface area contributed by atoms with Crippen LogP contribution in [0.4, 0.5) is 0 Å². The monoisotopic (exact) mass is 789 g/mol. The van der Waals surface area contributed by atoms with Crippen molar-refractivity contribution in [2.24, 2.45) is 0 Å². The molecule has 0 aromatic heterocycles. The number of allylic oxidation sites excluding steroid dienone is 8. The highest BCUT2D eigenvalue weighted by molar-refractivity contribution is 5.72. The molecular formula is C48H86NO7+. The van der Waals surface area contributed by atoms with Crippen molar-refractivity contribution in [1.82, 2.24) is 0 Å². The van der Waals surface area contributed by atoms with Crippen LogP contribution in [0.5, 0.6) is 0 Å². The van der Waals surface area contributed by atoms with Gasteiger partial charge >= 0.3 is 17.9 Å². The number of unbranched alkanes of at least 4 members (excludes halogenated alkanes) is 19. The van der Waals surface area contributed by atoms with Crippen molar-refractivity contribution in [1.29, 1.82) is 0 Å². The van der Waals surface area contributed by atoms with E-state index in [0.717, 1.165) is 77.0 Å². The van der Waals surface area contributed by atoms with E-state index >= 15 is 0 Å². The second-order valence-electron chi connectivity index (χ2n) is 16.3. The molecule has 56 heavy (non-hydrogen) atoms. The molecule has 0 rings (SSSR count). The van der Waals surface area contributed by atoms with Crippen LogP contribution < -0.4 is 0 Å². The Bertz CT molecular complexity index is 1060. The summed E-state index contributed by atoms with van der Waals surface area (Å²) >= 11 is 0. The van der Waals surface area contributed by atoms with Crippen LogP contribution in [0, 0.1) is 0 Å². The molecule has 0 saturated heterocycles. The molecule has 0 fully saturated rings. The molecule has 8 heteroatoms. The summed E-state index contributed by atoms with van der Waals surface area (Å²) in [6.45, 7) is 4.60. The third kappa shape index (κ3) is 36.9. The third-order valence-electron chi connectivity index (χ3n) is 9.99. The van der Waals surface area contributed by atoms with E-state index in [1.807, 2.05) is 21.1 Å². The summed E-state index contributed by atoms with van der Waals surface area (Å²) in [6, 6.07) is -0.619. The van der Waals surface area contributed by atoms with Crippen molar-refractivity contribution in [3.8, 4) is 0 Å². The lowest BCUT2D eigenvalue weighted by Gasteiger charge is -2.31. The van der Waals surface area contributed by atoms with Crippen molar-refractivity contribution in [2.45, 2.75) is 199 Å². The number of carbonyl (C=O) groups is 3. The predicted molar refractivity (Wildman–Crippen MR) is 234 cm³/mol. The van der Waals surface area contributed by atoms with Crippen molar-refractivity contribution >= 4 is 17.9 Å². The van der Waals surface area contributed by atoms with Gasteiger partial charge in [0, 0.05) is 19.3 Å². The molecule has 0 aromatic rings. The number of hydrogen-bond donors (Lipinski definition) is 1. The van der Waals surface area contributed by atoms with Crippen LogP contribution >= 0.6 is 0 Å². The van der Waals surface area contributed by atoms with Gasteiger partial charge in [-0.3, -0.25) is 9.59 Å². The van der Waals surface area contributed by atoms with Crippen LogP contribution in [-0.4, -0.2) is 80.6 Å². The van der Waals surface area contributed by atoms with Gasteiger partial charge < -0.3 is 23.8 Å². The Morgan fingerprint density at radius 1 is 0.571 bits per heavy atom. The van der Waals surface area contributed by atoms with Gasteiger partial charge in [-0.25, -0.2) is 4.79 Å². The molecule has 2 atom stereocenters. The molecule has 0 spiro atoms. The number of carbonyl (C=O) groups excluding carboxylic acids is 2. The number of rotatable bonds is 40. The number of esters is 2. The van der Waals surface area contributed by atoms with Crippen molar-refractivity contribution in [2.75, 3.05) is 41.0 Å². The van der Waals surface area contributed by atoms with Crippen LogP contribution in [0.1, 0.15) is 187 Å². The molecular weight excluding hydrogens is 703 g/mol. The van der Waals surface area contributed by atoms with E-state index in [4.69, 9.17) is 14.2 Å². The van der Waals surface area contributed by atoms with Gasteiger partial charge in [-0.15, -0.1) is 0 Å². The fraction of sp³-hybridized carbons (Fsp3) is 0.771. The van der Waals surface area contributed by atoms with Crippen LogP contribution in [0.25, 0.3) is 0 Å². The van der Waals surface area contributed by atoms with E-state index in [2.05, 4.69) is 62.5 Å². The Morgan fingerprint density at radius 2 is 1.05 bits per heavy atom. The van der Waals surface area contributed by atoms with Gasteiger partial charge in [-0.1, -0.05) is 152 Å². The van der Waals surface area contributed by atoms with Crippen LogP contribution in [-0.2, 0) is 28.6 Å². The summed E-state index contributed by atoms with van der Waals surface area (Å²) in [7, 11) is 5.52. The molecule has 0 amide bonds. The van der Waals surface area contributed by atoms with E-state index < -0.39 is 18.1 Å². The molecule has 0 aromatic carbocycles. The van der Waals surface area contributed by atoms with Crippen molar-refractivity contribution < 1.29 is 38.2 Å². The van der Waals surface area contributed by atoms with Gasteiger partial charge in [0.15, 0.2) is 12.1 Å². The first kappa shape index (κ1) is 53.3. The van der Waals surface area contributed by atoms with Gasteiger partial charge in [-0.05, 0) is 64.2 Å². The molecule has 0 aliphatic rings. The normalized spacial score (nSPS) is 13.4. The average Bonchev–Trinajstić information content (AvgIpc) is 3.15. The quantitative estimate of drug-likeness (QED) is 0.0217. The maximum atomic E-state index is 12.7. The predicted octanol–water partition coefficient (Wildman–Crippen LogP) is 12.4. The summed E-state index contributed by atoms with van der Waals surface area (Å²) < 4.78 is 17.3. The van der Waals surface area contributed by atoms with Crippen LogP contribution in [0.2, 0.25) is 0 Å². The molecule has 0 radical (unpaired) electrons. The average molecular weight is 789 g/mol. The third-order valence-corrected chi connectivity index (χ3v) is 9.99. The Hall–Kier alpha value is -2.71. The van der Waals surface area contributed by atoms with Crippen LogP contribution in [0.15, 0.2) is 48.6 Å². The van der Waals surface area contributed by atoms with Gasteiger partial charge in [0.05, 0.1) is 34.4 Å². The zero-order valence-corrected chi connectivity index (χ0v) is 36.8. The minimum Gasteiger partial charge on any atom is -0.477 e. The number of nitrogens with zero attached hydrogens (tertiary/aromatic N) is 1. The molecule has 0 saturated carbocycles. The standard InChI is InChI=1S/C48H85NO7/c1-6-8-10-12-14-16-18-20-22-23-24-25-27-28-30-32-34-36-38-46(50)55-43-44(42-54-41-40-45(48(52)53)49(3,4)5)56-47(51)39-37-35-33-31-29-26-21-19-17-15-13-11-9-7-2/h9,11,15,17,22-25,44-45H,6-8,10,12-14,16,18-21,26-43H2,1-5H3/p+1/b11-9+,17-15+,23-22+,25-24+. The summed E-state index contributed by atoms with van der Waals surface area (Å²) in [5, 5.41) is 9.62. The van der Waals surface area contributed by atoms with Crippen molar-refractivity contribution in [3.05, 3.63) is 48.6 Å². The minimum atomic E-state index is -0.880. The number of likely N-dealkylation sites (N-methyl/N-ethyl adjacent to an activating group) is 1. The second-order valence-corrected chi connectivity index (χ2v) is 16.3. The fourth-order valence-corrected chi connectivity index (χ4v) is 6.47. The lowest BCUT2D eigenvalue weighted by atomic mass is 10.1. The Labute approximate surface area is 344 Å². The SMILES string of the molecule is CC/C=C/C/C=C/CCCCCCCCCC(=O)OC(COCCC(C(=O)O)[N+](C)(C)C)COC(=O)CCCCCCC/C=C/C=C/CCCCCCCCC. The Balaban J connectivity index is 4.35. The zero-order valence-electron chi connectivity index (χ0n) is 36.8. The lowest BCUT2D eigenvalue weighted by Crippen LogP contribution is -2.50. The molecule has 1 N–H and O–H groups in total. The minimum absolute atomic E-state index is 0.0521. The van der Waals surface area contributed by atoms with Gasteiger partial charge in [0.2, 0.25) is 0 Å². The van der Waals surface area contributed by atoms with Gasteiger partial charge in [0.25, 0.3) is 0 Å². The van der Waals surface area contributed by atoms with E-state index in [0.29, 0.717) is 19.3 Å². The first-order valence-corrected chi connectivity index (χ1v) is 22.7. The van der Waals surface area contributed by atoms with E-state index in [9.17, 15) is 19.5 Å². The Kier molecular flexibility index (Phi) is 37.2. The lowest BCUT2D eigenvalue weighted by molar-refractivity contribution is -0.887. The highest BCUT2D eigenvalue weighted by Crippen LogP contribution is 2.14. The fourth-order valence-electron chi connectivity index (χ4n) is 6.47. The summed E-state index contributed by atoms with van der Waals surface area (Å²) in [5.74, 6) is -1.50.